The van der Waals surface area contributed by atoms with E-state index in [4.69, 9.17) is 5.73 Å². The number of halogens is 2. The number of benzene rings is 1. The second-order valence-electron chi connectivity index (χ2n) is 4.55. The maximum absolute atomic E-state index is 9.72. The lowest BCUT2D eigenvalue weighted by molar-refractivity contribution is 0.317. The van der Waals surface area contributed by atoms with Crippen molar-refractivity contribution in [1.29, 1.82) is 0 Å². The second-order valence-corrected chi connectivity index (χ2v) is 5.46. The molecule has 15 heavy (non-hydrogen) atoms. The molecule has 2 nitrogen and oxygen atoms in total. The van der Waals surface area contributed by atoms with Crippen LogP contribution in [0, 0.1) is 5.41 Å². The Balaban J connectivity index is 0.00000196. The average molecular weight is 295 g/mol. The van der Waals surface area contributed by atoms with E-state index < -0.39 is 0 Å². The predicted molar refractivity (Wildman–Crippen MR) is 69.4 cm³/mol. The van der Waals surface area contributed by atoms with Gasteiger partial charge < -0.3 is 10.8 Å². The molecule has 0 saturated carbocycles. The van der Waals surface area contributed by atoms with E-state index in [1.165, 1.54) is 0 Å². The summed E-state index contributed by atoms with van der Waals surface area (Å²) in [5, 5.41) is 9.72. The first-order chi connectivity index (χ1) is 6.32. The van der Waals surface area contributed by atoms with Crippen molar-refractivity contribution in [3.63, 3.8) is 0 Å². The molecule has 0 spiro atoms. The smallest absolute Gasteiger partial charge is 0.121 e. The van der Waals surface area contributed by atoms with Crippen molar-refractivity contribution in [1.82, 2.24) is 0 Å². The summed E-state index contributed by atoms with van der Waals surface area (Å²) in [4.78, 5) is 0. The molecule has 86 valence electrons. The largest absolute Gasteiger partial charge is 0.508 e. The lowest BCUT2D eigenvalue weighted by atomic mass is 9.83. The number of rotatable bonds is 1. The van der Waals surface area contributed by atoms with E-state index in [9.17, 15) is 5.11 Å². The van der Waals surface area contributed by atoms with E-state index in [1.807, 2.05) is 12.1 Å². The first-order valence-corrected chi connectivity index (χ1v) is 5.35. The van der Waals surface area contributed by atoms with Crippen LogP contribution in [-0.4, -0.2) is 5.11 Å². The molecule has 1 aromatic carbocycles. The summed E-state index contributed by atoms with van der Waals surface area (Å²) in [6.45, 7) is 6.16. The Labute approximate surface area is 105 Å². The molecular weight excluding hydrogens is 277 g/mol. The zero-order chi connectivity index (χ0) is 10.9. The third-order valence-corrected chi connectivity index (χ3v) is 2.75. The predicted octanol–water partition coefficient (Wildman–Crippen LogP) is 3.62. The van der Waals surface area contributed by atoms with E-state index in [2.05, 4.69) is 36.7 Å². The van der Waals surface area contributed by atoms with Crippen LogP contribution in [0.15, 0.2) is 22.7 Å². The van der Waals surface area contributed by atoms with Gasteiger partial charge in [0.1, 0.15) is 5.75 Å². The van der Waals surface area contributed by atoms with Crippen LogP contribution >= 0.6 is 28.3 Å². The van der Waals surface area contributed by atoms with E-state index >= 15 is 0 Å². The average Bonchev–Trinajstić information content (AvgIpc) is 2.01. The van der Waals surface area contributed by atoms with Gasteiger partial charge in [0.25, 0.3) is 0 Å². The first-order valence-electron chi connectivity index (χ1n) is 4.56. The van der Waals surface area contributed by atoms with Crippen LogP contribution in [0.4, 0.5) is 0 Å². The Hall–Kier alpha value is -0.250. The number of hydrogen-bond donors (Lipinski definition) is 2. The maximum Gasteiger partial charge on any atom is 0.121 e. The SMILES string of the molecule is CC(C)(C)[C@@H](N)c1ccc(Br)cc1O.Cl. The fraction of sp³-hybridized carbons (Fsp3) is 0.455. The highest BCUT2D eigenvalue weighted by Gasteiger charge is 2.24. The molecule has 0 bridgehead atoms. The Morgan fingerprint density at radius 1 is 1.33 bits per heavy atom. The van der Waals surface area contributed by atoms with Crippen molar-refractivity contribution in [3.8, 4) is 5.75 Å². The molecule has 0 unspecified atom stereocenters. The molecule has 0 aromatic heterocycles. The summed E-state index contributed by atoms with van der Waals surface area (Å²) in [6.07, 6.45) is 0. The molecule has 1 atom stereocenters. The van der Waals surface area contributed by atoms with E-state index in [0.29, 0.717) is 0 Å². The van der Waals surface area contributed by atoms with Gasteiger partial charge >= 0.3 is 0 Å². The summed E-state index contributed by atoms with van der Waals surface area (Å²) in [7, 11) is 0. The monoisotopic (exact) mass is 293 g/mol. The molecule has 1 rings (SSSR count). The molecule has 0 aliphatic heterocycles. The number of hydrogen-bond acceptors (Lipinski definition) is 2. The van der Waals surface area contributed by atoms with Gasteiger partial charge in [-0.2, -0.15) is 0 Å². The van der Waals surface area contributed by atoms with Gasteiger partial charge in [-0.05, 0) is 17.5 Å². The van der Waals surface area contributed by atoms with Crippen molar-refractivity contribution >= 4 is 28.3 Å². The summed E-state index contributed by atoms with van der Waals surface area (Å²) >= 11 is 3.30. The van der Waals surface area contributed by atoms with Crippen LogP contribution < -0.4 is 5.73 Å². The zero-order valence-corrected chi connectivity index (χ0v) is 11.5. The van der Waals surface area contributed by atoms with E-state index in [0.717, 1.165) is 10.0 Å². The maximum atomic E-state index is 9.72. The van der Waals surface area contributed by atoms with E-state index in [1.54, 1.807) is 6.07 Å². The summed E-state index contributed by atoms with van der Waals surface area (Å²) in [5.74, 6) is 0.252. The summed E-state index contributed by atoms with van der Waals surface area (Å²) in [5.41, 5.74) is 6.79. The van der Waals surface area contributed by atoms with Crippen LogP contribution in [0.3, 0.4) is 0 Å². The molecule has 1 aromatic rings. The highest BCUT2D eigenvalue weighted by Crippen LogP contribution is 2.36. The van der Waals surface area contributed by atoms with Crippen molar-refractivity contribution in [2.45, 2.75) is 26.8 Å². The highest BCUT2D eigenvalue weighted by molar-refractivity contribution is 9.10. The van der Waals surface area contributed by atoms with Gasteiger partial charge in [-0.3, -0.25) is 0 Å². The third kappa shape index (κ3) is 3.67. The minimum atomic E-state index is -0.157. The minimum absolute atomic E-state index is 0. The van der Waals surface area contributed by atoms with Crippen LogP contribution in [0.25, 0.3) is 0 Å². The lowest BCUT2D eigenvalue weighted by Gasteiger charge is -2.27. The Bertz CT molecular complexity index is 336. The number of phenolic OH excluding ortho intramolecular Hbond substituents is 1. The molecule has 0 aliphatic rings. The first kappa shape index (κ1) is 14.8. The number of aromatic hydroxyl groups is 1. The van der Waals surface area contributed by atoms with Crippen LogP contribution in [0.1, 0.15) is 32.4 Å². The molecule has 0 aliphatic carbocycles. The zero-order valence-electron chi connectivity index (χ0n) is 9.12. The Morgan fingerprint density at radius 2 is 1.87 bits per heavy atom. The third-order valence-electron chi connectivity index (χ3n) is 2.26. The van der Waals surface area contributed by atoms with Gasteiger partial charge in [0.15, 0.2) is 0 Å². The van der Waals surface area contributed by atoms with Crippen molar-refractivity contribution in [3.05, 3.63) is 28.2 Å². The lowest BCUT2D eigenvalue weighted by Crippen LogP contribution is -2.26. The normalized spacial score (nSPS) is 13.1. The molecular formula is C11H17BrClNO. The summed E-state index contributed by atoms with van der Waals surface area (Å²) in [6, 6.07) is 5.26. The van der Waals surface area contributed by atoms with E-state index in [-0.39, 0.29) is 29.6 Å². The molecule has 3 N–H and O–H groups in total. The van der Waals surface area contributed by atoms with Gasteiger partial charge in [-0.15, -0.1) is 12.4 Å². The molecule has 0 saturated heterocycles. The standard InChI is InChI=1S/C11H16BrNO.ClH/c1-11(2,3)10(13)8-5-4-7(12)6-9(8)14;/h4-6,10,14H,13H2,1-3H3;1H/t10-;/m0./s1. The van der Waals surface area contributed by atoms with Crippen molar-refractivity contribution in [2.24, 2.45) is 11.1 Å². The fourth-order valence-electron chi connectivity index (χ4n) is 1.25. The quantitative estimate of drug-likeness (QED) is 0.831. The second kappa shape index (κ2) is 5.19. The van der Waals surface area contributed by atoms with Gasteiger partial charge in [0, 0.05) is 16.1 Å². The van der Waals surface area contributed by atoms with Gasteiger partial charge in [-0.25, -0.2) is 0 Å². The Kier molecular flexibility index (Phi) is 5.10. The molecule has 0 heterocycles. The topological polar surface area (TPSA) is 46.2 Å². The highest BCUT2D eigenvalue weighted by atomic mass is 79.9. The van der Waals surface area contributed by atoms with Gasteiger partial charge in [0.2, 0.25) is 0 Å². The van der Waals surface area contributed by atoms with Crippen LogP contribution in [0.2, 0.25) is 0 Å². The van der Waals surface area contributed by atoms with Crippen molar-refractivity contribution in [2.75, 3.05) is 0 Å². The van der Waals surface area contributed by atoms with Gasteiger partial charge in [-0.1, -0.05) is 42.8 Å². The fourth-order valence-corrected chi connectivity index (χ4v) is 1.60. The summed E-state index contributed by atoms with van der Waals surface area (Å²) < 4.78 is 0.861. The molecule has 0 fully saturated rings. The Morgan fingerprint density at radius 3 is 2.27 bits per heavy atom. The van der Waals surface area contributed by atoms with Crippen molar-refractivity contribution < 1.29 is 5.11 Å². The minimum Gasteiger partial charge on any atom is -0.508 e. The number of nitrogens with two attached hydrogens (primary N) is 1. The van der Waals surface area contributed by atoms with Crippen LogP contribution in [-0.2, 0) is 0 Å². The molecule has 0 amide bonds. The molecule has 4 heteroatoms. The number of phenols is 1. The van der Waals surface area contributed by atoms with Crippen LogP contribution in [0.5, 0.6) is 5.75 Å². The molecule has 0 radical (unpaired) electrons. The van der Waals surface area contributed by atoms with Gasteiger partial charge in [0.05, 0.1) is 0 Å².